The molecule has 3 aromatic carbocycles. The molecule has 200 valence electrons. The molecular weight excluding hydrogens is 488 g/mol. The fraction of sp³-hybridized carbons (Fsp3) is 0.452. The van der Waals surface area contributed by atoms with E-state index < -0.39 is 0 Å². The quantitative estimate of drug-likeness (QED) is 0.113. The molecule has 0 radical (unpaired) electrons. The molecule has 0 fully saturated rings. The molecule has 0 aromatic heterocycles. The van der Waals surface area contributed by atoms with Crippen molar-refractivity contribution in [3.63, 3.8) is 0 Å². The van der Waals surface area contributed by atoms with Gasteiger partial charge in [0.15, 0.2) is 11.5 Å². The van der Waals surface area contributed by atoms with E-state index in [9.17, 15) is 4.79 Å². The Kier molecular flexibility index (Phi) is 11.4. The molecule has 6 heteroatoms. The lowest BCUT2D eigenvalue weighted by Crippen LogP contribution is -2.12. The van der Waals surface area contributed by atoms with Gasteiger partial charge >= 0.3 is 5.97 Å². The SMILES string of the molecule is CCCOc1c(OCCC)c(OC(=O)CCC)c2ccc(Cl)cc2c1OCCCCc1cccc(C)c1. The summed E-state index contributed by atoms with van der Waals surface area (Å²) in [5, 5.41) is 2.00. The molecule has 3 rings (SSSR count). The zero-order valence-electron chi connectivity index (χ0n) is 22.5. The van der Waals surface area contributed by atoms with E-state index >= 15 is 0 Å². The molecule has 0 aliphatic carbocycles. The fourth-order valence-electron chi connectivity index (χ4n) is 4.11. The molecule has 0 aliphatic rings. The molecule has 3 aromatic rings. The van der Waals surface area contributed by atoms with Crippen molar-refractivity contribution in [2.24, 2.45) is 0 Å². The Hall–Kier alpha value is -2.92. The van der Waals surface area contributed by atoms with E-state index in [1.807, 2.05) is 32.9 Å². The molecule has 0 amide bonds. The summed E-state index contributed by atoms with van der Waals surface area (Å²) in [6.45, 7) is 9.57. The third-order valence-corrected chi connectivity index (χ3v) is 6.08. The average molecular weight is 527 g/mol. The predicted molar refractivity (Wildman–Crippen MR) is 151 cm³/mol. The molecule has 0 heterocycles. The molecule has 0 bridgehead atoms. The summed E-state index contributed by atoms with van der Waals surface area (Å²) in [5.41, 5.74) is 2.60. The van der Waals surface area contributed by atoms with Gasteiger partial charge in [0, 0.05) is 22.2 Å². The van der Waals surface area contributed by atoms with Gasteiger partial charge in [-0.3, -0.25) is 4.79 Å². The Balaban J connectivity index is 1.97. The van der Waals surface area contributed by atoms with Gasteiger partial charge in [0.2, 0.25) is 11.5 Å². The Morgan fingerprint density at radius 3 is 2.14 bits per heavy atom. The van der Waals surface area contributed by atoms with E-state index in [-0.39, 0.29) is 5.97 Å². The number of rotatable bonds is 15. The van der Waals surface area contributed by atoms with Gasteiger partial charge in [-0.05, 0) is 69.2 Å². The van der Waals surface area contributed by atoms with Crippen LogP contribution in [0.1, 0.15) is 70.4 Å². The van der Waals surface area contributed by atoms with Crippen LogP contribution in [0.25, 0.3) is 10.8 Å². The van der Waals surface area contributed by atoms with Crippen LogP contribution in [0, 0.1) is 6.92 Å². The topological polar surface area (TPSA) is 54.0 Å². The van der Waals surface area contributed by atoms with Gasteiger partial charge in [-0.25, -0.2) is 0 Å². The van der Waals surface area contributed by atoms with Crippen molar-refractivity contribution < 1.29 is 23.7 Å². The first-order valence-corrected chi connectivity index (χ1v) is 13.8. The summed E-state index contributed by atoms with van der Waals surface area (Å²) in [6, 6.07) is 14.1. The van der Waals surface area contributed by atoms with Crippen molar-refractivity contribution in [2.75, 3.05) is 19.8 Å². The maximum atomic E-state index is 12.6. The summed E-state index contributed by atoms with van der Waals surface area (Å²) in [7, 11) is 0. The number of fused-ring (bicyclic) bond motifs is 1. The minimum atomic E-state index is -0.314. The van der Waals surface area contributed by atoms with Crippen molar-refractivity contribution in [3.05, 3.63) is 58.6 Å². The highest BCUT2D eigenvalue weighted by Gasteiger charge is 2.26. The number of carbonyl (C=O) groups is 1. The molecular formula is C31H39ClO5. The van der Waals surface area contributed by atoms with Crippen LogP contribution in [0.2, 0.25) is 5.02 Å². The molecule has 0 atom stereocenters. The van der Waals surface area contributed by atoms with Gasteiger partial charge in [-0.2, -0.15) is 0 Å². The minimum absolute atomic E-state index is 0.312. The number of hydrogen-bond acceptors (Lipinski definition) is 5. The summed E-state index contributed by atoms with van der Waals surface area (Å²) in [5.74, 6) is 1.48. The van der Waals surface area contributed by atoms with E-state index in [0.717, 1.165) is 37.5 Å². The van der Waals surface area contributed by atoms with E-state index in [4.69, 9.17) is 30.5 Å². The summed E-state index contributed by atoms with van der Waals surface area (Å²) < 4.78 is 24.6. The standard InChI is InChI=1S/C31H39ClO5/c1-5-11-27(33)37-29-25-16-15-24(32)21-26(25)28(30(34-17-6-2)31(29)35-18-7-3)36-19-9-8-13-23-14-10-12-22(4)20-23/h10,12,14-16,20-21H,5-9,11,13,17-19H2,1-4H3. The zero-order valence-corrected chi connectivity index (χ0v) is 23.3. The second kappa shape index (κ2) is 14.7. The van der Waals surface area contributed by atoms with Crippen molar-refractivity contribution in [1.29, 1.82) is 0 Å². The second-order valence-corrected chi connectivity index (χ2v) is 9.66. The van der Waals surface area contributed by atoms with E-state index in [1.54, 1.807) is 6.07 Å². The van der Waals surface area contributed by atoms with Crippen LogP contribution in [0.4, 0.5) is 0 Å². The lowest BCUT2D eigenvalue weighted by atomic mass is 10.1. The highest BCUT2D eigenvalue weighted by atomic mass is 35.5. The lowest BCUT2D eigenvalue weighted by Gasteiger charge is -2.22. The third kappa shape index (κ3) is 8.03. The Bertz CT molecular complexity index is 1170. The smallest absolute Gasteiger partial charge is 0.311 e. The molecule has 0 saturated carbocycles. The van der Waals surface area contributed by atoms with E-state index in [1.165, 1.54) is 11.1 Å². The minimum Gasteiger partial charge on any atom is -0.489 e. The number of unbranched alkanes of at least 4 members (excludes halogenated alkanes) is 1. The largest absolute Gasteiger partial charge is 0.489 e. The molecule has 0 saturated heterocycles. The first-order chi connectivity index (χ1) is 18.0. The number of ether oxygens (including phenoxy) is 4. The van der Waals surface area contributed by atoms with Gasteiger partial charge in [-0.1, -0.05) is 62.2 Å². The first kappa shape index (κ1) is 28.6. The van der Waals surface area contributed by atoms with Crippen molar-refractivity contribution >= 4 is 28.3 Å². The number of benzene rings is 3. The van der Waals surface area contributed by atoms with Crippen LogP contribution in [0.3, 0.4) is 0 Å². The number of carbonyl (C=O) groups excluding carboxylic acids is 1. The van der Waals surface area contributed by atoms with Gasteiger partial charge in [0.25, 0.3) is 0 Å². The van der Waals surface area contributed by atoms with Gasteiger partial charge in [-0.15, -0.1) is 0 Å². The maximum Gasteiger partial charge on any atom is 0.311 e. The van der Waals surface area contributed by atoms with Crippen molar-refractivity contribution in [2.45, 2.75) is 72.6 Å². The second-order valence-electron chi connectivity index (χ2n) is 9.22. The Labute approximate surface area is 226 Å². The van der Waals surface area contributed by atoms with Crippen LogP contribution in [-0.4, -0.2) is 25.8 Å². The molecule has 0 spiro atoms. The average Bonchev–Trinajstić information content (AvgIpc) is 2.87. The van der Waals surface area contributed by atoms with Gasteiger partial charge < -0.3 is 18.9 Å². The normalized spacial score (nSPS) is 10.9. The number of esters is 1. The first-order valence-electron chi connectivity index (χ1n) is 13.4. The zero-order chi connectivity index (χ0) is 26.6. The molecule has 5 nitrogen and oxygen atoms in total. The van der Waals surface area contributed by atoms with Gasteiger partial charge in [0.05, 0.1) is 19.8 Å². The Morgan fingerprint density at radius 2 is 1.46 bits per heavy atom. The summed E-state index contributed by atoms with van der Waals surface area (Å²) >= 11 is 6.41. The highest BCUT2D eigenvalue weighted by molar-refractivity contribution is 6.31. The van der Waals surface area contributed by atoms with E-state index in [2.05, 4.69) is 31.2 Å². The van der Waals surface area contributed by atoms with Crippen LogP contribution < -0.4 is 18.9 Å². The number of halogens is 1. The predicted octanol–water partition coefficient (Wildman–Crippen LogP) is 8.49. The molecule has 0 unspecified atom stereocenters. The Morgan fingerprint density at radius 1 is 0.757 bits per heavy atom. The van der Waals surface area contributed by atoms with E-state index in [0.29, 0.717) is 66.1 Å². The number of hydrogen-bond donors (Lipinski definition) is 0. The number of aryl methyl sites for hydroxylation is 2. The van der Waals surface area contributed by atoms with Crippen LogP contribution in [0.5, 0.6) is 23.0 Å². The summed E-state index contributed by atoms with van der Waals surface area (Å²) in [4.78, 5) is 12.6. The highest BCUT2D eigenvalue weighted by Crippen LogP contribution is 2.52. The van der Waals surface area contributed by atoms with Crippen LogP contribution >= 0.6 is 11.6 Å². The monoisotopic (exact) mass is 526 g/mol. The van der Waals surface area contributed by atoms with Crippen molar-refractivity contribution in [3.8, 4) is 23.0 Å². The van der Waals surface area contributed by atoms with Crippen molar-refractivity contribution in [1.82, 2.24) is 0 Å². The molecule has 37 heavy (non-hydrogen) atoms. The lowest BCUT2D eigenvalue weighted by molar-refractivity contribution is -0.134. The maximum absolute atomic E-state index is 12.6. The van der Waals surface area contributed by atoms with Crippen LogP contribution in [-0.2, 0) is 11.2 Å². The van der Waals surface area contributed by atoms with Crippen LogP contribution in [0.15, 0.2) is 42.5 Å². The molecule has 0 N–H and O–H groups in total. The van der Waals surface area contributed by atoms with Gasteiger partial charge in [0.1, 0.15) is 0 Å². The fourth-order valence-corrected chi connectivity index (χ4v) is 4.28. The summed E-state index contributed by atoms with van der Waals surface area (Å²) in [6.07, 6.45) is 5.48. The molecule has 0 aliphatic heterocycles. The third-order valence-electron chi connectivity index (χ3n) is 5.85.